The SMILES string of the molecule is O=C(NN1CCCCC1)C1=NN(c2ccc(Cl)cc2Cl)CC1c1ccc(Cl)cc1. The number of carbonyl (C=O) groups excluding carboxylic acids is 1. The van der Waals surface area contributed by atoms with E-state index in [0.717, 1.165) is 37.2 Å². The van der Waals surface area contributed by atoms with Gasteiger partial charge in [-0.15, -0.1) is 0 Å². The molecular formula is C21H21Cl3N4O. The molecule has 8 heteroatoms. The molecule has 1 amide bonds. The number of benzene rings is 2. The van der Waals surface area contributed by atoms with E-state index in [1.54, 1.807) is 17.1 Å². The van der Waals surface area contributed by atoms with Gasteiger partial charge in [-0.2, -0.15) is 5.10 Å². The van der Waals surface area contributed by atoms with Crippen molar-refractivity contribution in [2.75, 3.05) is 24.6 Å². The largest absolute Gasteiger partial charge is 0.284 e. The molecule has 2 aromatic rings. The van der Waals surface area contributed by atoms with Crippen LogP contribution in [0.3, 0.4) is 0 Å². The van der Waals surface area contributed by atoms with Crippen LogP contribution in [0.25, 0.3) is 0 Å². The minimum absolute atomic E-state index is 0.181. The first-order valence-electron chi connectivity index (χ1n) is 9.64. The Bertz CT molecular complexity index is 926. The Kier molecular flexibility index (Phi) is 6.30. The molecule has 5 nitrogen and oxygen atoms in total. The molecule has 0 bridgehead atoms. The number of rotatable bonds is 4. The Hall–Kier alpha value is -1.79. The zero-order valence-electron chi connectivity index (χ0n) is 15.7. The van der Waals surface area contributed by atoms with Crippen LogP contribution >= 0.6 is 34.8 Å². The number of hydrogen-bond acceptors (Lipinski definition) is 4. The predicted molar refractivity (Wildman–Crippen MR) is 119 cm³/mol. The lowest BCUT2D eigenvalue weighted by atomic mass is 9.94. The van der Waals surface area contributed by atoms with Crippen LogP contribution in [-0.4, -0.2) is 36.3 Å². The van der Waals surface area contributed by atoms with Crippen LogP contribution in [0.1, 0.15) is 30.7 Å². The number of halogens is 3. The van der Waals surface area contributed by atoms with E-state index in [-0.39, 0.29) is 11.8 Å². The van der Waals surface area contributed by atoms with Gasteiger partial charge in [0.1, 0.15) is 5.71 Å². The number of hydrazine groups is 1. The number of nitrogens with one attached hydrogen (secondary N) is 1. The second-order valence-corrected chi connectivity index (χ2v) is 8.54. The van der Waals surface area contributed by atoms with Crippen LogP contribution in [0, 0.1) is 0 Å². The summed E-state index contributed by atoms with van der Waals surface area (Å²) < 4.78 is 0. The van der Waals surface area contributed by atoms with E-state index in [0.29, 0.717) is 27.3 Å². The van der Waals surface area contributed by atoms with Crippen molar-refractivity contribution in [2.45, 2.75) is 25.2 Å². The van der Waals surface area contributed by atoms with Gasteiger partial charge in [-0.25, -0.2) is 5.01 Å². The van der Waals surface area contributed by atoms with Crippen LogP contribution in [0.5, 0.6) is 0 Å². The first kappa shape index (κ1) is 20.5. The minimum atomic E-state index is -0.191. The molecule has 0 saturated carbocycles. The molecule has 1 atom stereocenters. The molecule has 2 aliphatic rings. The number of hydrazone groups is 1. The molecule has 2 heterocycles. The monoisotopic (exact) mass is 450 g/mol. The van der Waals surface area contributed by atoms with E-state index in [2.05, 4.69) is 10.5 Å². The Labute approximate surface area is 185 Å². The lowest BCUT2D eigenvalue weighted by Crippen LogP contribution is -2.48. The van der Waals surface area contributed by atoms with Gasteiger partial charge >= 0.3 is 0 Å². The van der Waals surface area contributed by atoms with Gasteiger partial charge in [-0.1, -0.05) is 53.4 Å². The van der Waals surface area contributed by atoms with Gasteiger partial charge in [0.25, 0.3) is 5.91 Å². The molecule has 152 valence electrons. The summed E-state index contributed by atoms with van der Waals surface area (Å²) in [6, 6.07) is 12.8. The van der Waals surface area contributed by atoms with Gasteiger partial charge in [-0.05, 0) is 48.7 Å². The van der Waals surface area contributed by atoms with Gasteiger partial charge in [0.05, 0.1) is 23.2 Å². The Morgan fingerprint density at radius 3 is 2.34 bits per heavy atom. The highest BCUT2D eigenvalue weighted by Crippen LogP contribution is 2.35. The van der Waals surface area contributed by atoms with Crippen LogP contribution in [0.2, 0.25) is 15.1 Å². The van der Waals surface area contributed by atoms with Gasteiger partial charge in [0, 0.05) is 23.1 Å². The van der Waals surface area contributed by atoms with E-state index in [4.69, 9.17) is 34.8 Å². The Morgan fingerprint density at radius 1 is 0.966 bits per heavy atom. The Morgan fingerprint density at radius 2 is 1.66 bits per heavy atom. The number of anilines is 1. The zero-order chi connectivity index (χ0) is 20.4. The lowest BCUT2D eigenvalue weighted by molar-refractivity contribution is -0.119. The third kappa shape index (κ3) is 4.69. The number of nitrogens with zero attached hydrogens (tertiary/aromatic N) is 3. The van der Waals surface area contributed by atoms with E-state index in [9.17, 15) is 4.79 Å². The minimum Gasteiger partial charge on any atom is -0.284 e. The molecule has 1 fully saturated rings. The van der Waals surface area contributed by atoms with Crippen molar-refractivity contribution in [1.29, 1.82) is 0 Å². The molecule has 0 aliphatic carbocycles. The second kappa shape index (κ2) is 8.92. The standard InChI is InChI=1S/C21H21Cl3N4O/c22-15-6-4-14(5-7-15)17-13-28(19-9-8-16(23)12-18(19)24)25-20(17)21(29)26-27-10-2-1-3-11-27/h4-9,12,17H,1-3,10-11,13H2,(H,26,29). The van der Waals surface area contributed by atoms with Gasteiger partial charge < -0.3 is 0 Å². The first-order valence-corrected chi connectivity index (χ1v) is 10.8. The number of amides is 1. The summed E-state index contributed by atoms with van der Waals surface area (Å²) in [5.74, 6) is -0.372. The molecular weight excluding hydrogens is 431 g/mol. The van der Waals surface area contributed by atoms with Crippen molar-refractivity contribution >= 4 is 52.1 Å². The zero-order valence-corrected chi connectivity index (χ0v) is 18.0. The van der Waals surface area contributed by atoms with Crippen molar-refractivity contribution < 1.29 is 4.79 Å². The molecule has 29 heavy (non-hydrogen) atoms. The Balaban J connectivity index is 1.63. The summed E-state index contributed by atoms with van der Waals surface area (Å²) in [5.41, 5.74) is 5.19. The number of piperidine rings is 1. The van der Waals surface area contributed by atoms with E-state index >= 15 is 0 Å². The van der Waals surface area contributed by atoms with E-state index in [1.165, 1.54) is 6.42 Å². The van der Waals surface area contributed by atoms with E-state index in [1.807, 2.05) is 35.3 Å². The van der Waals surface area contributed by atoms with Crippen LogP contribution < -0.4 is 10.4 Å². The molecule has 0 spiro atoms. The smallest absolute Gasteiger partial charge is 0.282 e. The highest BCUT2D eigenvalue weighted by Gasteiger charge is 2.34. The van der Waals surface area contributed by atoms with Crippen molar-refractivity contribution in [3.8, 4) is 0 Å². The highest BCUT2D eigenvalue weighted by molar-refractivity contribution is 6.42. The van der Waals surface area contributed by atoms with Crippen LogP contribution in [-0.2, 0) is 4.79 Å². The molecule has 0 aromatic heterocycles. The maximum Gasteiger partial charge on any atom is 0.282 e. The van der Waals surface area contributed by atoms with E-state index < -0.39 is 0 Å². The fourth-order valence-electron chi connectivity index (χ4n) is 3.71. The fourth-order valence-corrected chi connectivity index (χ4v) is 4.34. The second-order valence-electron chi connectivity index (χ2n) is 7.26. The number of carbonyl (C=O) groups is 1. The molecule has 0 radical (unpaired) electrons. The highest BCUT2D eigenvalue weighted by atomic mass is 35.5. The third-order valence-electron chi connectivity index (χ3n) is 5.22. The summed E-state index contributed by atoms with van der Waals surface area (Å²) >= 11 is 18.5. The average Bonchev–Trinajstić information content (AvgIpc) is 3.14. The fraction of sp³-hybridized carbons (Fsp3) is 0.333. The quantitative estimate of drug-likeness (QED) is 0.701. The summed E-state index contributed by atoms with van der Waals surface area (Å²) in [6.07, 6.45) is 3.36. The summed E-state index contributed by atoms with van der Waals surface area (Å²) in [7, 11) is 0. The molecule has 1 unspecified atom stereocenters. The van der Waals surface area contributed by atoms with Gasteiger partial charge in [0.2, 0.25) is 0 Å². The topological polar surface area (TPSA) is 47.9 Å². The molecule has 2 aromatic carbocycles. The normalized spacial score (nSPS) is 19.9. The maximum atomic E-state index is 13.1. The summed E-state index contributed by atoms with van der Waals surface area (Å²) in [5, 5.41) is 10.1. The van der Waals surface area contributed by atoms with Crippen LogP contribution in [0.15, 0.2) is 47.6 Å². The molecule has 4 rings (SSSR count). The van der Waals surface area contributed by atoms with Crippen molar-refractivity contribution in [1.82, 2.24) is 10.4 Å². The summed E-state index contributed by atoms with van der Waals surface area (Å²) in [6.45, 7) is 2.22. The molecule has 1 N–H and O–H groups in total. The van der Waals surface area contributed by atoms with Crippen molar-refractivity contribution in [2.24, 2.45) is 5.10 Å². The first-order chi connectivity index (χ1) is 14.0. The third-order valence-corrected chi connectivity index (χ3v) is 6.01. The lowest BCUT2D eigenvalue weighted by Gasteiger charge is -2.27. The predicted octanol–water partition coefficient (Wildman–Crippen LogP) is 5.12. The van der Waals surface area contributed by atoms with Crippen LogP contribution in [0.4, 0.5) is 5.69 Å². The van der Waals surface area contributed by atoms with Gasteiger partial charge in [-0.3, -0.25) is 15.2 Å². The number of hydrogen-bond donors (Lipinski definition) is 1. The maximum absolute atomic E-state index is 13.1. The molecule has 1 saturated heterocycles. The summed E-state index contributed by atoms with van der Waals surface area (Å²) in [4.78, 5) is 13.1. The van der Waals surface area contributed by atoms with Crippen molar-refractivity contribution in [3.05, 3.63) is 63.1 Å². The average molecular weight is 452 g/mol. The molecule has 2 aliphatic heterocycles. The van der Waals surface area contributed by atoms with Crippen molar-refractivity contribution in [3.63, 3.8) is 0 Å². The van der Waals surface area contributed by atoms with Gasteiger partial charge in [0.15, 0.2) is 0 Å².